The molecule has 0 amide bonds. The van der Waals surface area contributed by atoms with Gasteiger partial charge >= 0.3 is 0 Å². The third-order valence-corrected chi connectivity index (χ3v) is 5.05. The van der Waals surface area contributed by atoms with Crippen molar-refractivity contribution in [1.82, 2.24) is 9.88 Å². The minimum Gasteiger partial charge on any atom is -0.495 e. The standard InChI is InChI=1S/C20H22N2O/c1-23-19-9-10-20(21-13-19)16-11-17-7-8-18(12-16)22(17)14-15-5-3-2-4-6-15/h2-6,9-11,13,17-18H,7-8,12,14H2,1H3. The van der Waals surface area contributed by atoms with Crippen LogP contribution in [0.25, 0.3) is 5.57 Å². The molecule has 3 nitrogen and oxygen atoms in total. The zero-order valence-corrected chi connectivity index (χ0v) is 13.5. The number of ether oxygens (including phenoxy) is 1. The van der Waals surface area contributed by atoms with E-state index in [-0.39, 0.29) is 0 Å². The second kappa shape index (κ2) is 6.17. The Hall–Kier alpha value is -2.13. The molecule has 23 heavy (non-hydrogen) atoms. The average Bonchev–Trinajstić information content (AvgIpc) is 2.84. The molecule has 4 rings (SSSR count). The van der Waals surface area contributed by atoms with Gasteiger partial charge in [-0.05, 0) is 42.5 Å². The first kappa shape index (κ1) is 14.5. The van der Waals surface area contributed by atoms with Crippen LogP contribution in [0.3, 0.4) is 0 Å². The lowest BCUT2D eigenvalue weighted by atomic mass is 9.97. The van der Waals surface area contributed by atoms with Gasteiger partial charge in [0.1, 0.15) is 5.75 Å². The molecule has 0 radical (unpaired) electrons. The normalized spacial score (nSPS) is 23.6. The van der Waals surface area contributed by atoms with E-state index in [1.165, 1.54) is 24.0 Å². The zero-order valence-electron chi connectivity index (χ0n) is 13.5. The number of nitrogens with zero attached hydrogens (tertiary/aromatic N) is 2. The molecule has 0 aliphatic carbocycles. The Morgan fingerprint density at radius 1 is 1.13 bits per heavy atom. The van der Waals surface area contributed by atoms with Crippen LogP contribution in [0.15, 0.2) is 54.7 Å². The molecule has 118 valence electrons. The summed E-state index contributed by atoms with van der Waals surface area (Å²) in [7, 11) is 1.68. The summed E-state index contributed by atoms with van der Waals surface area (Å²) in [5.74, 6) is 0.818. The molecular weight excluding hydrogens is 284 g/mol. The molecule has 3 heteroatoms. The third-order valence-electron chi connectivity index (χ3n) is 5.05. The van der Waals surface area contributed by atoms with Crippen LogP contribution < -0.4 is 4.74 Å². The molecule has 1 aromatic carbocycles. The van der Waals surface area contributed by atoms with Crippen LogP contribution in [0.2, 0.25) is 0 Å². The zero-order chi connectivity index (χ0) is 15.6. The Labute approximate surface area is 137 Å². The highest BCUT2D eigenvalue weighted by Gasteiger charge is 2.36. The maximum Gasteiger partial charge on any atom is 0.137 e. The SMILES string of the molecule is COc1ccc(C2=CC3CCC(C2)N3Cc2ccccc2)nc1. The molecule has 2 aliphatic rings. The van der Waals surface area contributed by atoms with E-state index in [0.717, 1.165) is 24.4 Å². The third kappa shape index (κ3) is 2.89. The fraction of sp³-hybridized carbons (Fsp3) is 0.350. The molecule has 0 saturated carbocycles. The number of methoxy groups -OCH3 is 1. The second-order valence-corrected chi connectivity index (χ2v) is 6.44. The maximum atomic E-state index is 5.20. The summed E-state index contributed by atoms with van der Waals surface area (Å²) in [6.45, 7) is 1.05. The van der Waals surface area contributed by atoms with Crippen LogP contribution in [-0.4, -0.2) is 29.1 Å². The van der Waals surface area contributed by atoms with Crippen molar-refractivity contribution in [2.45, 2.75) is 37.9 Å². The van der Waals surface area contributed by atoms with Crippen LogP contribution in [0.4, 0.5) is 0 Å². The van der Waals surface area contributed by atoms with Gasteiger partial charge in [0.15, 0.2) is 0 Å². The van der Waals surface area contributed by atoms with Crippen molar-refractivity contribution < 1.29 is 4.74 Å². The maximum absolute atomic E-state index is 5.20. The van der Waals surface area contributed by atoms with Gasteiger partial charge in [-0.15, -0.1) is 0 Å². The number of benzene rings is 1. The van der Waals surface area contributed by atoms with Crippen molar-refractivity contribution in [3.8, 4) is 5.75 Å². The van der Waals surface area contributed by atoms with E-state index in [1.54, 1.807) is 7.11 Å². The van der Waals surface area contributed by atoms with Crippen molar-refractivity contribution in [3.63, 3.8) is 0 Å². The van der Waals surface area contributed by atoms with E-state index in [0.29, 0.717) is 12.1 Å². The van der Waals surface area contributed by atoms with Gasteiger partial charge in [-0.1, -0.05) is 36.4 Å². The molecule has 2 aliphatic heterocycles. The van der Waals surface area contributed by atoms with Gasteiger partial charge in [-0.2, -0.15) is 0 Å². The predicted octanol–water partition coefficient (Wildman–Crippen LogP) is 3.91. The molecule has 1 aromatic heterocycles. The number of pyridine rings is 1. The Balaban J connectivity index is 1.54. The summed E-state index contributed by atoms with van der Waals surface area (Å²) in [5, 5.41) is 0. The highest BCUT2D eigenvalue weighted by molar-refractivity contribution is 5.65. The predicted molar refractivity (Wildman–Crippen MR) is 92.2 cm³/mol. The van der Waals surface area contributed by atoms with E-state index in [1.807, 2.05) is 12.3 Å². The van der Waals surface area contributed by atoms with Crippen molar-refractivity contribution in [2.24, 2.45) is 0 Å². The van der Waals surface area contributed by atoms with Gasteiger partial charge in [-0.3, -0.25) is 9.88 Å². The van der Waals surface area contributed by atoms with E-state index >= 15 is 0 Å². The van der Waals surface area contributed by atoms with Gasteiger partial charge < -0.3 is 4.74 Å². The molecule has 0 spiro atoms. The summed E-state index contributed by atoms with van der Waals surface area (Å²) in [6.07, 6.45) is 7.89. The lowest BCUT2D eigenvalue weighted by Gasteiger charge is -2.34. The second-order valence-electron chi connectivity index (χ2n) is 6.44. The molecule has 3 heterocycles. The lowest BCUT2D eigenvalue weighted by molar-refractivity contribution is 0.203. The van der Waals surface area contributed by atoms with Gasteiger partial charge in [-0.25, -0.2) is 0 Å². The number of rotatable bonds is 4. The molecule has 2 bridgehead atoms. The fourth-order valence-corrected chi connectivity index (χ4v) is 3.84. The first-order chi connectivity index (χ1) is 11.3. The first-order valence-corrected chi connectivity index (χ1v) is 8.34. The molecule has 0 N–H and O–H groups in total. The van der Waals surface area contributed by atoms with Crippen LogP contribution in [0.1, 0.15) is 30.5 Å². The van der Waals surface area contributed by atoms with Gasteiger partial charge in [0.2, 0.25) is 0 Å². The molecule has 2 aromatic rings. The fourth-order valence-electron chi connectivity index (χ4n) is 3.84. The Bertz CT molecular complexity index is 693. The Kier molecular flexibility index (Phi) is 3.88. The number of hydrogen-bond donors (Lipinski definition) is 0. The lowest BCUT2D eigenvalue weighted by Crippen LogP contribution is -2.37. The molecule has 1 fully saturated rings. The van der Waals surface area contributed by atoms with Crippen LogP contribution in [0.5, 0.6) is 5.75 Å². The highest BCUT2D eigenvalue weighted by Crippen LogP contribution is 2.39. The summed E-state index contributed by atoms with van der Waals surface area (Å²) in [5.41, 5.74) is 3.90. The molecule has 1 saturated heterocycles. The van der Waals surface area contributed by atoms with E-state index < -0.39 is 0 Å². The summed E-state index contributed by atoms with van der Waals surface area (Å²) in [4.78, 5) is 7.22. The summed E-state index contributed by atoms with van der Waals surface area (Å²) in [6, 6.07) is 16.1. The molecule has 2 atom stereocenters. The minimum atomic E-state index is 0.549. The van der Waals surface area contributed by atoms with Crippen molar-refractivity contribution in [1.29, 1.82) is 0 Å². The Morgan fingerprint density at radius 3 is 2.70 bits per heavy atom. The first-order valence-electron chi connectivity index (χ1n) is 8.34. The quantitative estimate of drug-likeness (QED) is 0.856. The summed E-state index contributed by atoms with van der Waals surface area (Å²) >= 11 is 0. The van der Waals surface area contributed by atoms with Crippen molar-refractivity contribution in [2.75, 3.05) is 7.11 Å². The number of hydrogen-bond acceptors (Lipinski definition) is 3. The molecule has 2 unspecified atom stereocenters. The Morgan fingerprint density at radius 2 is 2.00 bits per heavy atom. The van der Waals surface area contributed by atoms with Crippen LogP contribution in [0, 0.1) is 0 Å². The average molecular weight is 306 g/mol. The van der Waals surface area contributed by atoms with E-state index in [9.17, 15) is 0 Å². The van der Waals surface area contributed by atoms with Crippen LogP contribution in [-0.2, 0) is 6.54 Å². The monoisotopic (exact) mass is 306 g/mol. The van der Waals surface area contributed by atoms with Gasteiger partial charge in [0, 0.05) is 18.6 Å². The van der Waals surface area contributed by atoms with Gasteiger partial charge in [0.25, 0.3) is 0 Å². The van der Waals surface area contributed by atoms with E-state index in [2.05, 4.69) is 52.4 Å². The highest BCUT2D eigenvalue weighted by atomic mass is 16.5. The van der Waals surface area contributed by atoms with Crippen LogP contribution >= 0.6 is 0 Å². The van der Waals surface area contributed by atoms with Gasteiger partial charge in [0.05, 0.1) is 19.0 Å². The largest absolute Gasteiger partial charge is 0.495 e. The number of fused-ring (bicyclic) bond motifs is 2. The smallest absolute Gasteiger partial charge is 0.137 e. The van der Waals surface area contributed by atoms with Crippen molar-refractivity contribution in [3.05, 3.63) is 66.0 Å². The van der Waals surface area contributed by atoms with Crippen molar-refractivity contribution >= 4 is 5.57 Å². The summed E-state index contributed by atoms with van der Waals surface area (Å²) < 4.78 is 5.20. The minimum absolute atomic E-state index is 0.549. The topological polar surface area (TPSA) is 25.4 Å². The molecular formula is C20H22N2O. The number of aromatic nitrogens is 1. The van der Waals surface area contributed by atoms with E-state index in [4.69, 9.17) is 4.74 Å².